The lowest BCUT2D eigenvalue weighted by Crippen LogP contribution is -2.01. The normalized spacial score (nSPS) is 9.00. The maximum Gasteiger partial charge on any atom is 0.0697 e. The average Bonchev–Trinajstić information content (AvgIpc) is 1.89. The highest BCUT2D eigenvalue weighted by Crippen LogP contribution is 1.86. The molecule has 0 amide bonds. The molecule has 0 aromatic carbocycles. The molecule has 0 atom stereocenters. The number of aliphatic hydroxyl groups excluding tert-OH is 2. The number of ether oxygens (including phenoxy) is 1. The zero-order valence-corrected chi connectivity index (χ0v) is 6.05. The smallest absolute Gasteiger partial charge is 0.0697 e. The third kappa shape index (κ3) is 10.8. The van der Waals surface area contributed by atoms with E-state index in [1.165, 1.54) is 0 Å². The van der Waals surface area contributed by atoms with Crippen LogP contribution < -0.4 is 0 Å². The fourth-order valence-corrected chi connectivity index (χ4v) is 0.483. The molecule has 0 bridgehead atoms. The van der Waals surface area contributed by atoms with Crippen molar-refractivity contribution in [1.29, 1.82) is 0 Å². The first-order valence-corrected chi connectivity index (χ1v) is 3.21. The minimum absolute atomic E-state index is 0. The molecule has 64 valence electrons. The van der Waals surface area contributed by atoms with E-state index in [4.69, 9.17) is 14.9 Å². The second-order valence-corrected chi connectivity index (χ2v) is 1.77. The fraction of sp³-hybridized carbons (Fsp3) is 1.00. The third-order valence-electron chi connectivity index (χ3n) is 0.932. The van der Waals surface area contributed by atoms with E-state index in [1.807, 2.05) is 0 Å². The number of aliphatic hydroxyl groups is 2. The molecule has 4 heteroatoms. The van der Waals surface area contributed by atoms with Crippen LogP contribution in [-0.2, 0) is 4.74 Å². The zero-order chi connectivity index (χ0) is 6.95. The molecule has 10 heavy (non-hydrogen) atoms. The van der Waals surface area contributed by atoms with Crippen LogP contribution in [0.1, 0.15) is 12.8 Å². The molecule has 0 aliphatic heterocycles. The lowest BCUT2D eigenvalue weighted by atomic mass is 10.3. The maximum atomic E-state index is 8.32. The molecule has 0 saturated carbocycles. The molecular formula is C6H16O4. The first-order chi connectivity index (χ1) is 4.41. The first-order valence-electron chi connectivity index (χ1n) is 3.21. The molecule has 0 rings (SSSR count). The molecule has 4 N–H and O–H groups in total. The van der Waals surface area contributed by atoms with E-state index >= 15 is 0 Å². The van der Waals surface area contributed by atoms with Crippen LogP contribution in [0.4, 0.5) is 0 Å². The van der Waals surface area contributed by atoms with Crippen molar-refractivity contribution in [2.24, 2.45) is 0 Å². The van der Waals surface area contributed by atoms with Gasteiger partial charge in [0.05, 0.1) is 13.2 Å². The molecule has 0 spiro atoms. The summed E-state index contributed by atoms with van der Waals surface area (Å²) >= 11 is 0. The predicted molar refractivity (Wildman–Crippen MR) is 37.8 cm³/mol. The molecule has 4 nitrogen and oxygen atoms in total. The van der Waals surface area contributed by atoms with Crippen molar-refractivity contribution in [3.05, 3.63) is 0 Å². The van der Waals surface area contributed by atoms with Gasteiger partial charge in [-0.25, -0.2) is 0 Å². The second-order valence-electron chi connectivity index (χ2n) is 1.77. The first kappa shape index (κ1) is 12.5. The summed E-state index contributed by atoms with van der Waals surface area (Å²) in [7, 11) is 0. The van der Waals surface area contributed by atoms with E-state index in [1.54, 1.807) is 0 Å². The maximum absolute atomic E-state index is 8.32. The topological polar surface area (TPSA) is 81.2 Å². The van der Waals surface area contributed by atoms with Crippen LogP contribution in [0, 0.1) is 0 Å². The standard InChI is InChI=1S/C6H14O3.H2O/c7-3-1-2-5-9-6-4-8;/h7-8H,1-6H2;1H2. The third-order valence-corrected chi connectivity index (χ3v) is 0.932. The molecule has 0 aliphatic rings. The molecule has 0 heterocycles. The van der Waals surface area contributed by atoms with Crippen molar-refractivity contribution in [2.75, 3.05) is 26.4 Å². The van der Waals surface area contributed by atoms with Gasteiger partial charge in [0.25, 0.3) is 0 Å². The summed E-state index contributed by atoms with van der Waals surface area (Å²) in [6, 6.07) is 0. The van der Waals surface area contributed by atoms with Crippen molar-refractivity contribution in [3.63, 3.8) is 0 Å². The molecule has 0 fully saturated rings. The van der Waals surface area contributed by atoms with E-state index in [-0.39, 0.29) is 18.7 Å². The molecule has 0 aromatic heterocycles. The summed E-state index contributed by atoms with van der Waals surface area (Å²) in [5.41, 5.74) is 0. The van der Waals surface area contributed by atoms with Gasteiger partial charge in [-0.15, -0.1) is 0 Å². The Morgan fingerprint density at radius 3 is 2.10 bits per heavy atom. The summed E-state index contributed by atoms with van der Waals surface area (Å²) in [5, 5.41) is 16.6. The van der Waals surface area contributed by atoms with Gasteiger partial charge < -0.3 is 20.4 Å². The van der Waals surface area contributed by atoms with E-state index in [9.17, 15) is 0 Å². The van der Waals surface area contributed by atoms with Crippen molar-refractivity contribution < 1.29 is 20.4 Å². The molecule has 0 aromatic rings. The van der Waals surface area contributed by atoms with E-state index in [0.717, 1.165) is 12.8 Å². The van der Waals surface area contributed by atoms with E-state index < -0.39 is 0 Å². The highest BCUT2D eigenvalue weighted by atomic mass is 16.5. The summed E-state index contributed by atoms with van der Waals surface area (Å²) in [5.74, 6) is 0. The molecule has 0 saturated heterocycles. The average molecular weight is 152 g/mol. The fourth-order valence-electron chi connectivity index (χ4n) is 0.483. The van der Waals surface area contributed by atoms with Gasteiger partial charge in [0.2, 0.25) is 0 Å². The SMILES string of the molecule is O.OCCCCOCCO. The van der Waals surface area contributed by atoms with Gasteiger partial charge in [-0.3, -0.25) is 0 Å². The number of hydrogen-bond donors (Lipinski definition) is 2. The zero-order valence-electron chi connectivity index (χ0n) is 6.05. The van der Waals surface area contributed by atoms with Crippen LogP contribution in [0.15, 0.2) is 0 Å². The van der Waals surface area contributed by atoms with E-state index in [2.05, 4.69) is 0 Å². The summed E-state index contributed by atoms with van der Waals surface area (Å²) in [6.45, 7) is 1.36. The minimum Gasteiger partial charge on any atom is -0.412 e. The number of unbranched alkanes of at least 4 members (excludes halogenated alkanes) is 1. The van der Waals surface area contributed by atoms with Crippen LogP contribution in [0.25, 0.3) is 0 Å². The highest BCUT2D eigenvalue weighted by molar-refractivity contribution is 4.35. The quantitative estimate of drug-likeness (QED) is 0.476. The van der Waals surface area contributed by atoms with Crippen molar-refractivity contribution >= 4 is 0 Å². The van der Waals surface area contributed by atoms with Crippen LogP contribution in [0.3, 0.4) is 0 Å². The van der Waals surface area contributed by atoms with Crippen LogP contribution in [-0.4, -0.2) is 42.1 Å². The Morgan fingerprint density at radius 2 is 1.60 bits per heavy atom. The molecule has 0 aliphatic carbocycles. The van der Waals surface area contributed by atoms with Crippen molar-refractivity contribution in [3.8, 4) is 0 Å². The molecule has 0 unspecified atom stereocenters. The van der Waals surface area contributed by atoms with Gasteiger partial charge >= 0.3 is 0 Å². The van der Waals surface area contributed by atoms with Gasteiger partial charge in [-0.2, -0.15) is 0 Å². The van der Waals surface area contributed by atoms with Gasteiger partial charge in [-0.05, 0) is 12.8 Å². The summed E-state index contributed by atoms with van der Waals surface area (Å²) in [6.07, 6.45) is 1.65. The number of rotatable bonds is 6. The van der Waals surface area contributed by atoms with Crippen molar-refractivity contribution in [1.82, 2.24) is 0 Å². The largest absolute Gasteiger partial charge is 0.412 e. The van der Waals surface area contributed by atoms with Crippen LogP contribution >= 0.6 is 0 Å². The van der Waals surface area contributed by atoms with Gasteiger partial charge in [0.15, 0.2) is 0 Å². The second kappa shape index (κ2) is 11.6. The van der Waals surface area contributed by atoms with Crippen LogP contribution in [0.2, 0.25) is 0 Å². The summed E-state index contributed by atoms with van der Waals surface area (Å²) in [4.78, 5) is 0. The lowest BCUT2D eigenvalue weighted by molar-refractivity contribution is 0.0871. The van der Waals surface area contributed by atoms with Gasteiger partial charge in [0, 0.05) is 13.2 Å². The Hall–Kier alpha value is -0.160. The Bertz CT molecular complexity index is 43.0. The Kier molecular flexibility index (Phi) is 14.5. The highest BCUT2D eigenvalue weighted by Gasteiger charge is 1.85. The van der Waals surface area contributed by atoms with Gasteiger partial charge in [-0.1, -0.05) is 0 Å². The Balaban J connectivity index is 0. The Morgan fingerprint density at radius 1 is 0.900 bits per heavy atom. The van der Waals surface area contributed by atoms with E-state index in [0.29, 0.717) is 13.2 Å². The lowest BCUT2D eigenvalue weighted by Gasteiger charge is -1.98. The van der Waals surface area contributed by atoms with Crippen LogP contribution in [0.5, 0.6) is 0 Å². The van der Waals surface area contributed by atoms with Gasteiger partial charge in [0.1, 0.15) is 0 Å². The minimum atomic E-state index is 0. The molecule has 0 radical (unpaired) electrons. The Labute approximate surface area is 60.7 Å². The number of hydrogen-bond acceptors (Lipinski definition) is 3. The van der Waals surface area contributed by atoms with Crippen molar-refractivity contribution in [2.45, 2.75) is 12.8 Å². The summed E-state index contributed by atoms with van der Waals surface area (Å²) < 4.78 is 4.92. The monoisotopic (exact) mass is 152 g/mol. The predicted octanol–water partition coefficient (Wildman–Crippen LogP) is -1.06. The molecular weight excluding hydrogens is 136 g/mol.